The van der Waals surface area contributed by atoms with E-state index in [9.17, 15) is 4.79 Å². The maximum atomic E-state index is 12.4. The average Bonchev–Trinajstić information content (AvgIpc) is 3.37. The molecular weight excluding hydrogens is 384 g/mol. The van der Waals surface area contributed by atoms with Gasteiger partial charge in [0.05, 0.1) is 6.33 Å². The second kappa shape index (κ2) is 9.67. The Hall–Kier alpha value is -2.71. The summed E-state index contributed by atoms with van der Waals surface area (Å²) in [5.74, 6) is -0.141. The van der Waals surface area contributed by atoms with Crippen LogP contribution in [0.4, 0.5) is 10.8 Å². The zero-order valence-corrected chi connectivity index (χ0v) is 18.1. The van der Waals surface area contributed by atoms with E-state index in [0.717, 1.165) is 17.9 Å². The van der Waals surface area contributed by atoms with E-state index in [2.05, 4.69) is 53.2 Å². The van der Waals surface area contributed by atoms with Gasteiger partial charge in [-0.2, -0.15) is 0 Å². The van der Waals surface area contributed by atoms with Crippen molar-refractivity contribution in [1.29, 1.82) is 0 Å². The molecule has 1 aromatic carbocycles. The van der Waals surface area contributed by atoms with Crippen molar-refractivity contribution in [2.75, 3.05) is 18.4 Å². The van der Waals surface area contributed by atoms with Gasteiger partial charge >= 0.3 is 0 Å². The number of benzene rings is 1. The van der Waals surface area contributed by atoms with Gasteiger partial charge in [0.2, 0.25) is 0 Å². The first-order chi connectivity index (χ1) is 13.9. The van der Waals surface area contributed by atoms with E-state index in [1.165, 1.54) is 11.3 Å². The number of anilines is 2. The van der Waals surface area contributed by atoms with Crippen molar-refractivity contribution >= 4 is 28.1 Å². The Morgan fingerprint density at radius 2 is 1.90 bits per heavy atom. The number of hydrogen-bond acceptors (Lipinski definition) is 6. The zero-order valence-electron chi connectivity index (χ0n) is 17.3. The molecule has 29 heavy (non-hydrogen) atoms. The van der Waals surface area contributed by atoms with E-state index >= 15 is 0 Å². The van der Waals surface area contributed by atoms with E-state index in [-0.39, 0.29) is 5.91 Å². The first kappa shape index (κ1) is 21.0. The third-order valence-corrected chi connectivity index (χ3v) is 5.40. The van der Waals surface area contributed by atoms with Gasteiger partial charge in [-0.1, -0.05) is 0 Å². The highest BCUT2D eigenvalue weighted by Crippen LogP contribution is 2.22. The predicted octanol–water partition coefficient (Wildman–Crippen LogP) is 3.92. The van der Waals surface area contributed by atoms with Crippen LogP contribution in [-0.4, -0.2) is 50.5 Å². The standard InChI is InChI=1S/C21H28N6OS/c1-15(2)27(16(3)4)12-10-23-20(28)19-13-29-21(25-19)24-17-5-7-18(8-6-17)26-11-9-22-14-26/h5-9,11,13-16H,10,12H2,1-4H3,(H,23,28)(H,24,25). The number of carbonyl (C=O) groups excluding carboxylic acids is 1. The molecule has 0 aliphatic carbocycles. The van der Waals surface area contributed by atoms with Crippen molar-refractivity contribution in [2.24, 2.45) is 0 Å². The summed E-state index contributed by atoms with van der Waals surface area (Å²) in [4.78, 5) is 23.2. The Balaban J connectivity index is 1.53. The lowest BCUT2D eigenvalue weighted by Gasteiger charge is -2.30. The lowest BCUT2D eigenvalue weighted by atomic mass is 10.2. The van der Waals surface area contributed by atoms with E-state index < -0.39 is 0 Å². The summed E-state index contributed by atoms with van der Waals surface area (Å²) in [6.07, 6.45) is 5.41. The van der Waals surface area contributed by atoms with Crippen molar-refractivity contribution in [2.45, 2.75) is 39.8 Å². The van der Waals surface area contributed by atoms with Gasteiger partial charge in [-0.15, -0.1) is 11.3 Å². The molecule has 7 nitrogen and oxygen atoms in total. The van der Waals surface area contributed by atoms with Crippen molar-refractivity contribution < 1.29 is 4.79 Å². The van der Waals surface area contributed by atoms with Crippen LogP contribution in [0, 0.1) is 0 Å². The zero-order chi connectivity index (χ0) is 20.8. The maximum absolute atomic E-state index is 12.4. The normalized spacial score (nSPS) is 11.4. The van der Waals surface area contributed by atoms with Gasteiger partial charge in [-0.05, 0) is 52.0 Å². The molecule has 0 bridgehead atoms. The van der Waals surface area contributed by atoms with Crippen molar-refractivity contribution in [3.05, 3.63) is 54.1 Å². The highest BCUT2D eigenvalue weighted by Gasteiger charge is 2.15. The summed E-state index contributed by atoms with van der Waals surface area (Å²) >= 11 is 1.42. The van der Waals surface area contributed by atoms with Crippen LogP contribution in [-0.2, 0) is 0 Å². The van der Waals surface area contributed by atoms with Gasteiger partial charge in [0.25, 0.3) is 5.91 Å². The molecule has 3 rings (SSSR count). The fourth-order valence-corrected chi connectivity index (χ4v) is 3.90. The molecule has 2 N–H and O–H groups in total. The Bertz CT molecular complexity index is 894. The Labute approximate surface area is 175 Å². The maximum Gasteiger partial charge on any atom is 0.270 e. The van der Waals surface area contributed by atoms with Crippen LogP contribution in [0.2, 0.25) is 0 Å². The molecule has 0 radical (unpaired) electrons. The third-order valence-electron chi connectivity index (χ3n) is 4.64. The van der Waals surface area contributed by atoms with E-state index in [1.807, 2.05) is 35.0 Å². The fraction of sp³-hybridized carbons (Fsp3) is 0.381. The van der Waals surface area contributed by atoms with Crippen LogP contribution >= 0.6 is 11.3 Å². The van der Waals surface area contributed by atoms with Crippen molar-refractivity contribution in [3.63, 3.8) is 0 Å². The molecule has 0 unspecified atom stereocenters. The lowest BCUT2D eigenvalue weighted by molar-refractivity contribution is 0.0935. The molecule has 0 saturated heterocycles. The molecule has 0 atom stereocenters. The van der Waals surface area contributed by atoms with Gasteiger partial charge in [0, 0.05) is 54.3 Å². The average molecular weight is 413 g/mol. The SMILES string of the molecule is CC(C)N(CCNC(=O)c1csc(Nc2ccc(-n3ccnc3)cc2)n1)C(C)C. The molecule has 1 amide bonds. The topological polar surface area (TPSA) is 75.1 Å². The van der Waals surface area contributed by atoms with Gasteiger partial charge in [-0.25, -0.2) is 9.97 Å². The molecule has 0 saturated carbocycles. The first-order valence-corrected chi connectivity index (χ1v) is 10.7. The highest BCUT2D eigenvalue weighted by atomic mass is 32.1. The summed E-state index contributed by atoms with van der Waals surface area (Å²) in [5.41, 5.74) is 2.39. The number of rotatable bonds is 9. The third kappa shape index (κ3) is 5.65. The van der Waals surface area contributed by atoms with Gasteiger partial charge in [-0.3, -0.25) is 9.69 Å². The Morgan fingerprint density at radius 3 is 2.52 bits per heavy atom. The molecule has 0 aliphatic rings. The van der Waals surface area contributed by atoms with Crippen LogP contribution in [0.1, 0.15) is 38.2 Å². The van der Waals surface area contributed by atoms with E-state index in [0.29, 0.717) is 29.5 Å². The molecular formula is C21H28N6OS. The molecule has 3 aromatic rings. The summed E-state index contributed by atoms with van der Waals surface area (Å²) in [5, 5.41) is 8.69. The second-order valence-electron chi connectivity index (χ2n) is 7.36. The number of aromatic nitrogens is 3. The summed E-state index contributed by atoms with van der Waals surface area (Å²) in [6, 6.07) is 8.84. The predicted molar refractivity (Wildman–Crippen MR) is 118 cm³/mol. The number of hydrogen-bond donors (Lipinski definition) is 2. The van der Waals surface area contributed by atoms with Crippen LogP contribution in [0.15, 0.2) is 48.4 Å². The van der Waals surface area contributed by atoms with Crippen LogP contribution in [0.3, 0.4) is 0 Å². The molecule has 154 valence electrons. The van der Waals surface area contributed by atoms with Crippen LogP contribution in [0.5, 0.6) is 0 Å². The minimum Gasteiger partial charge on any atom is -0.349 e. The summed E-state index contributed by atoms with van der Waals surface area (Å²) < 4.78 is 1.94. The lowest BCUT2D eigenvalue weighted by Crippen LogP contribution is -2.42. The monoisotopic (exact) mass is 412 g/mol. The molecule has 0 spiro atoms. The number of thiazole rings is 1. The smallest absolute Gasteiger partial charge is 0.270 e. The van der Waals surface area contributed by atoms with Gasteiger partial charge in [0.1, 0.15) is 5.69 Å². The minimum atomic E-state index is -0.141. The number of imidazole rings is 1. The van der Waals surface area contributed by atoms with Crippen molar-refractivity contribution in [3.8, 4) is 5.69 Å². The quantitative estimate of drug-likeness (QED) is 0.557. The molecule has 8 heteroatoms. The summed E-state index contributed by atoms with van der Waals surface area (Å²) in [7, 11) is 0. The number of amides is 1. The largest absolute Gasteiger partial charge is 0.349 e. The van der Waals surface area contributed by atoms with Crippen LogP contribution in [0.25, 0.3) is 5.69 Å². The number of nitrogens with one attached hydrogen (secondary N) is 2. The molecule has 0 fully saturated rings. The number of carbonyl (C=O) groups is 1. The van der Waals surface area contributed by atoms with Crippen LogP contribution < -0.4 is 10.6 Å². The minimum absolute atomic E-state index is 0.141. The second-order valence-corrected chi connectivity index (χ2v) is 8.22. The first-order valence-electron chi connectivity index (χ1n) is 9.79. The molecule has 0 aliphatic heterocycles. The Kier molecular flexibility index (Phi) is 7.00. The van der Waals surface area contributed by atoms with E-state index in [1.54, 1.807) is 17.9 Å². The molecule has 2 aromatic heterocycles. The Morgan fingerprint density at radius 1 is 1.17 bits per heavy atom. The molecule has 2 heterocycles. The number of nitrogens with zero attached hydrogens (tertiary/aromatic N) is 4. The fourth-order valence-electron chi connectivity index (χ4n) is 3.19. The van der Waals surface area contributed by atoms with Crippen molar-refractivity contribution in [1.82, 2.24) is 24.8 Å². The van der Waals surface area contributed by atoms with Gasteiger partial charge < -0.3 is 15.2 Å². The summed E-state index contributed by atoms with van der Waals surface area (Å²) in [6.45, 7) is 10.1. The van der Waals surface area contributed by atoms with Gasteiger partial charge in [0.15, 0.2) is 5.13 Å². The van der Waals surface area contributed by atoms with E-state index in [4.69, 9.17) is 0 Å². The highest BCUT2D eigenvalue weighted by molar-refractivity contribution is 7.14.